The van der Waals surface area contributed by atoms with Crippen molar-refractivity contribution in [3.8, 4) is 0 Å². The molecule has 0 saturated carbocycles. The van der Waals surface area contributed by atoms with Crippen LogP contribution in [0, 0.1) is 0 Å². The van der Waals surface area contributed by atoms with Crippen molar-refractivity contribution in [2.24, 2.45) is 0 Å². The third-order valence-electron chi connectivity index (χ3n) is 1.26. The zero-order valence-corrected chi connectivity index (χ0v) is 7.10. The van der Waals surface area contributed by atoms with Crippen molar-refractivity contribution < 1.29 is 4.80 Å². The lowest BCUT2D eigenvalue weighted by Gasteiger charge is -1.92. The van der Waals surface area contributed by atoms with Crippen LogP contribution >= 0.6 is 0 Å². The van der Waals surface area contributed by atoms with Crippen LogP contribution in [0.15, 0.2) is 0 Å². The molecule has 0 amide bonds. The van der Waals surface area contributed by atoms with E-state index < -0.39 is 9.76 Å². The third-order valence-corrected chi connectivity index (χ3v) is 2.08. The monoisotopic (exact) mass is 132 g/mol. The van der Waals surface area contributed by atoms with E-state index in [0.717, 1.165) is 6.04 Å². The summed E-state index contributed by atoms with van der Waals surface area (Å²) in [5.41, 5.74) is 0. The lowest BCUT2D eigenvalue weighted by molar-refractivity contribution is 0.589. The summed E-state index contributed by atoms with van der Waals surface area (Å²) in [7, 11) is -0.614. The molecule has 1 nitrogen and oxygen atoms in total. The van der Waals surface area contributed by atoms with Crippen molar-refractivity contribution in [1.82, 2.24) is 0 Å². The molecule has 0 aliphatic rings. The molecule has 0 aromatic rings. The second-order valence-electron chi connectivity index (χ2n) is 2.14. The van der Waals surface area contributed by atoms with Gasteiger partial charge in [0.1, 0.15) is 0 Å². The Morgan fingerprint density at radius 2 is 2.00 bits per heavy atom. The molecule has 1 N–H and O–H groups in total. The zero-order valence-electron chi connectivity index (χ0n) is 5.69. The van der Waals surface area contributed by atoms with Crippen LogP contribution in [0.2, 0.25) is 6.04 Å². The Morgan fingerprint density at radius 3 is 2.50 bits per heavy atom. The highest BCUT2D eigenvalue weighted by Crippen LogP contribution is 2.00. The molecule has 0 aliphatic carbocycles. The van der Waals surface area contributed by atoms with Crippen LogP contribution in [-0.2, 0) is 0 Å². The third kappa shape index (κ3) is 6.18. The van der Waals surface area contributed by atoms with E-state index in [4.69, 9.17) is 4.80 Å². The quantitative estimate of drug-likeness (QED) is 0.438. The minimum atomic E-state index is -0.614. The van der Waals surface area contributed by atoms with Gasteiger partial charge in [-0.05, 0) is 6.04 Å². The highest BCUT2D eigenvalue weighted by Gasteiger charge is 1.84. The molecule has 0 spiro atoms. The number of unbranched alkanes of at least 4 members (excludes halogenated alkanes) is 3. The Hall–Kier alpha value is 0.177. The molecule has 0 unspecified atom stereocenters. The minimum Gasteiger partial charge on any atom is -0.438 e. The molecule has 0 rings (SSSR count). The maximum absolute atomic E-state index is 8.50. The van der Waals surface area contributed by atoms with Gasteiger partial charge in [0, 0.05) is 0 Å². The first-order valence-corrected chi connectivity index (χ1v) is 5.16. The topological polar surface area (TPSA) is 20.2 Å². The van der Waals surface area contributed by atoms with E-state index in [-0.39, 0.29) is 0 Å². The van der Waals surface area contributed by atoms with Crippen LogP contribution in [-0.4, -0.2) is 14.6 Å². The maximum Gasteiger partial charge on any atom is 0.156 e. The fraction of sp³-hybridized carbons (Fsp3) is 1.00. The van der Waals surface area contributed by atoms with Crippen LogP contribution in [0.1, 0.15) is 32.6 Å². The second-order valence-corrected chi connectivity index (χ2v) is 3.29. The van der Waals surface area contributed by atoms with Crippen LogP contribution in [0.5, 0.6) is 0 Å². The van der Waals surface area contributed by atoms with E-state index in [1.807, 2.05) is 0 Å². The van der Waals surface area contributed by atoms with Gasteiger partial charge in [-0.25, -0.2) is 0 Å². The summed E-state index contributed by atoms with van der Waals surface area (Å²) in [5, 5.41) is 0. The van der Waals surface area contributed by atoms with Gasteiger partial charge in [-0.15, -0.1) is 0 Å². The van der Waals surface area contributed by atoms with Gasteiger partial charge in [-0.1, -0.05) is 32.6 Å². The first kappa shape index (κ1) is 8.18. The Balaban J connectivity index is 2.53. The minimum absolute atomic E-state index is 0.614. The molecule has 0 aromatic carbocycles. The molecule has 0 saturated heterocycles. The van der Waals surface area contributed by atoms with E-state index >= 15 is 0 Å². The van der Waals surface area contributed by atoms with Gasteiger partial charge in [0.05, 0.1) is 0 Å². The summed E-state index contributed by atoms with van der Waals surface area (Å²) < 4.78 is 0. The van der Waals surface area contributed by atoms with E-state index in [1.54, 1.807) is 0 Å². The average Bonchev–Trinajstić information content (AvgIpc) is 1.81. The van der Waals surface area contributed by atoms with E-state index in [2.05, 4.69) is 6.92 Å². The molecule has 8 heavy (non-hydrogen) atoms. The Morgan fingerprint density at radius 1 is 1.25 bits per heavy atom. The van der Waals surface area contributed by atoms with Crippen molar-refractivity contribution in [2.45, 2.75) is 38.7 Å². The highest BCUT2D eigenvalue weighted by molar-refractivity contribution is 6.25. The molecule has 0 bridgehead atoms. The van der Waals surface area contributed by atoms with Gasteiger partial charge >= 0.3 is 0 Å². The summed E-state index contributed by atoms with van der Waals surface area (Å²) in [6, 6.07) is 1.12. The van der Waals surface area contributed by atoms with Crippen molar-refractivity contribution in [2.75, 3.05) is 0 Å². The Bertz CT molecular complexity index is 33.5. The predicted octanol–water partition coefficient (Wildman–Crippen LogP) is 1.06. The van der Waals surface area contributed by atoms with Gasteiger partial charge < -0.3 is 4.80 Å². The van der Waals surface area contributed by atoms with Crippen LogP contribution in [0.25, 0.3) is 0 Å². The molecule has 0 aliphatic heterocycles. The molecule has 0 fully saturated rings. The number of rotatable bonds is 5. The van der Waals surface area contributed by atoms with Crippen molar-refractivity contribution in [3.05, 3.63) is 0 Å². The van der Waals surface area contributed by atoms with E-state index in [9.17, 15) is 0 Å². The zero-order chi connectivity index (χ0) is 6.24. The van der Waals surface area contributed by atoms with Crippen molar-refractivity contribution in [1.29, 1.82) is 0 Å². The summed E-state index contributed by atoms with van der Waals surface area (Å²) in [5.74, 6) is 0. The molecular formula is C6H16OSi. The lowest BCUT2D eigenvalue weighted by Crippen LogP contribution is -1.85. The first-order valence-electron chi connectivity index (χ1n) is 3.52. The summed E-state index contributed by atoms with van der Waals surface area (Å²) in [6.07, 6.45) is 5.22. The summed E-state index contributed by atoms with van der Waals surface area (Å²) >= 11 is 0. The first-order chi connectivity index (χ1) is 3.91. The molecule has 0 radical (unpaired) electrons. The van der Waals surface area contributed by atoms with Gasteiger partial charge in [-0.3, -0.25) is 0 Å². The molecule has 0 aromatic heterocycles. The van der Waals surface area contributed by atoms with Crippen LogP contribution in [0.3, 0.4) is 0 Å². The second kappa shape index (κ2) is 7.18. The molecule has 0 heterocycles. The average molecular weight is 132 g/mol. The fourth-order valence-corrected chi connectivity index (χ4v) is 1.29. The van der Waals surface area contributed by atoms with Crippen LogP contribution in [0.4, 0.5) is 0 Å². The molecule has 50 valence electrons. The Labute approximate surface area is 54.1 Å². The Kier molecular flexibility index (Phi) is 7.34. The largest absolute Gasteiger partial charge is 0.438 e. The molecule has 0 atom stereocenters. The lowest BCUT2D eigenvalue weighted by atomic mass is 10.2. The standard InChI is InChI=1S/C6H16OSi/c1-2-3-4-5-6-8-7/h7H,2-6,8H2,1H3. The summed E-state index contributed by atoms with van der Waals surface area (Å²) in [6.45, 7) is 2.20. The number of hydrogen-bond acceptors (Lipinski definition) is 1. The van der Waals surface area contributed by atoms with Crippen molar-refractivity contribution >= 4 is 9.76 Å². The van der Waals surface area contributed by atoms with Gasteiger partial charge in [-0.2, -0.15) is 0 Å². The van der Waals surface area contributed by atoms with Gasteiger partial charge in [0.2, 0.25) is 0 Å². The normalized spacial score (nSPS) is 11.2. The van der Waals surface area contributed by atoms with Crippen LogP contribution < -0.4 is 0 Å². The predicted molar refractivity (Wildman–Crippen MR) is 39.7 cm³/mol. The highest BCUT2D eigenvalue weighted by atomic mass is 28.2. The van der Waals surface area contributed by atoms with E-state index in [0.29, 0.717) is 0 Å². The maximum atomic E-state index is 8.50. The van der Waals surface area contributed by atoms with Gasteiger partial charge in [0.15, 0.2) is 9.76 Å². The van der Waals surface area contributed by atoms with Crippen molar-refractivity contribution in [3.63, 3.8) is 0 Å². The van der Waals surface area contributed by atoms with E-state index in [1.165, 1.54) is 25.7 Å². The smallest absolute Gasteiger partial charge is 0.156 e. The fourth-order valence-electron chi connectivity index (χ4n) is 0.715. The SMILES string of the molecule is CCCCCC[SiH2]O. The van der Waals surface area contributed by atoms with Gasteiger partial charge in [0.25, 0.3) is 0 Å². The molecular weight excluding hydrogens is 116 g/mol. The molecule has 2 heteroatoms. The summed E-state index contributed by atoms with van der Waals surface area (Å²) in [4.78, 5) is 8.50. The number of hydrogen-bond donors (Lipinski definition) is 1.